The van der Waals surface area contributed by atoms with Crippen LogP contribution in [0, 0.1) is 5.92 Å². The van der Waals surface area contributed by atoms with E-state index in [4.69, 9.17) is 0 Å². The Morgan fingerprint density at radius 3 is 2.63 bits per heavy atom. The van der Waals surface area contributed by atoms with E-state index in [1.807, 2.05) is 30.4 Å². The molecule has 0 unspecified atom stereocenters. The second-order valence-corrected chi connectivity index (χ2v) is 5.10. The molecule has 2 heteroatoms. The van der Waals surface area contributed by atoms with Gasteiger partial charge in [0.2, 0.25) is 0 Å². The summed E-state index contributed by atoms with van der Waals surface area (Å²) in [6.45, 7) is 0. The minimum absolute atomic E-state index is 0.0371. The summed E-state index contributed by atoms with van der Waals surface area (Å²) < 4.78 is 0. The molecule has 2 aliphatic rings. The van der Waals surface area contributed by atoms with Crippen molar-refractivity contribution in [1.82, 2.24) is 0 Å². The van der Waals surface area contributed by atoms with Crippen LogP contribution in [0.2, 0.25) is 0 Å². The van der Waals surface area contributed by atoms with Crippen LogP contribution >= 0.6 is 0 Å². The van der Waals surface area contributed by atoms with Crippen LogP contribution < -0.4 is 0 Å². The van der Waals surface area contributed by atoms with Gasteiger partial charge in [-0.2, -0.15) is 0 Å². The number of carboxylic acid groups (broad SMARTS) is 1. The Kier molecular flexibility index (Phi) is 1.99. The van der Waals surface area contributed by atoms with Crippen LogP contribution in [-0.4, -0.2) is 11.1 Å². The molecule has 0 spiro atoms. The van der Waals surface area contributed by atoms with Gasteiger partial charge in [-0.1, -0.05) is 54.6 Å². The van der Waals surface area contributed by atoms with E-state index < -0.39 is 11.9 Å². The van der Waals surface area contributed by atoms with Crippen LogP contribution in [0.5, 0.6) is 0 Å². The van der Waals surface area contributed by atoms with Crippen molar-refractivity contribution < 1.29 is 9.90 Å². The molecule has 0 heterocycles. The van der Waals surface area contributed by atoms with Gasteiger partial charge in [-0.3, -0.25) is 4.79 Å². The molecular formula is C17H12O2. The Hall–Kier alpha value is -2.35. The summed E-state index contributed by atoms with van der Waals surface area (Å²) in [7, 11) is 0. The van der Waals surface area contributed by atoms with E-state index in [1.165, 1.54) is 16.7 Å². The Morgan fingerprint density at radius 2 is 1.79 bits per heavy atom. The molecule has 0 bridgehead atoms. The molecule has 1 N–H and O–H groups in total. The molecule has 0 aromatic heterocycles. The number of benzene rings is 2. The van der Waals surface area contributed by atoms with Gasteiger partial charge < -0.3 is 5.11 Å². The highest BCUT2D eigenvalue weighted by molar-refractivity contribution is 5.89. The summed E-state index contributed by atoms with van der Waals surface area (Å²) in [5.41, 5.74) is 5.84. The topological polar surface area (TPSA) is 37.3 Å². The maximum atomic E-state index is 11.5. The lowest BCUT2D eigenvalue weighted by molar-refractivity contribution is -0.140. The lowest BCUT2D eigenvalue weighted by Crippen LogP contribution is -2.22. The van der Waals surface area contributed by atoms with Crippen molar-refractivity contribution in [2.24, 2.45) is 5.92 Å². The first-order chi connectivity index (χ1) is 9.27. The lowest BCUT2D eigenvalue weighted by Gasteiger charge is -2.24. The summed E-state index contributed by atoms with van der Waals surface area (Å²) >= 11 is 0. The Balaban J connectivity index is 2.07. The quantitative estimate of drug-likeness (QED) is 0.838. The Bertz CT molecular complexity index is 728. The highest BCUT2D eigenvalue weighted by Crippen LogP contribution is 2.51. The molecular weight excluding hydrogens is 236 g/mol. The number of carboxylic acids is 1. The second-order valence-electron chi connectivity index (χ2n) is 5.10. The normalized spacial score (nSPS) is 21.9. The molecule has 0 amide bonds. The Morgan fingerprint density at radius 1 is 1.00 bits per heavy atom. The summed E-state index contributed by atoms with van der Waals surface area (Å²) in [5.74, 6) is -1.25. The third-order valence-electron chi connectivity index (χ3n) is 4.16. The zero-order valence-electron chi connectivity index (χ0n) is 10.2. The largest absolute Gasteiger partial charge is 0.481 e. The summed E-state index contributed by atoms with van der Waals surface area (Å²) in [5, 5.41) is 9.46. The van der Waals surface area contributed by atoms with Gasteiger partial charge in [-0.15, -0.1) is 0 Å². The van der Waals surface area contributed by atoms with Gasteiger partial charge in [0, 0.05) is 5.92 Å². The molecule has 0 aliphatic heterocycles. The van der Waals surface area contributed by atoms with Crippen LogP contribution in [0.25, 0.3) is 17.2 Å². The predicted octanol–water partition coefficient (Wildman–Crippen LogP) is 3.53. The average molecular weight is 248 g/mol. The fraction of sp³-hybridized carbons (Fsp3) is 0.118. The smallest absolute Gasteiger partial charge is 0.311 e. The van der Waals surface area contributed by atoms with Gasteiger partial charge in [-0.05, 0) is 27.8 Å². The summed E-state index contributed by atoms with van der Waals surface area (Å²) in [6.07, 6.45) is 3.77. The number of carbonyl (C=O) groups is 1. The molecule has 2 aromatic carbocycles. The highest BCUT2D eigenvalue weighted by atomic mass is 16.4. The van der Waals surface area contributed by atoms with Crippen molar-refractivity contribution in [2.45, 2.75) is 5.92 Å². The Labute approximate surface area is 111 Å². The van der Waals surface area contributed by atoms with E-state index in [0.29, 0.717) is 0 Å². The molecule has 0 fully saturated rings. The molecule has 2 atom stereocenters. The molecule has 2 aliphatic carbocycles. The first-order valence-electron chi connectivity index (χ1n) is 6.40. The molecule has 19 heavy (non-hydrogen) atoms. The van der Waals surface area contributed by atoms with E-state index >= 15 is 0 Å². The standard InChI is InChI=1S/C17H12O2/c18-17(19)14-9-8-10-4-3-7-12-11-5-1-2-6-13(11)16(14)15(10)12/h1-9,14,16H,(H,18,19)/t14-,16-/m1/s1. The van der Waals surface area contributed by atoms with E-state index in [9.17, 15) is 9.90 Å². The molecule has 0 radical (unpaired) electrons. The van der Waals surface area contributed by atoms with Gasteiger partial charge in [0.15, 0.2) is 0 Å². The van der Waals surface area contributed by atoms with Crippen molar-refractivity contribution in [1.29, 1.82) is 0 Å². The third-order valence-corrected chi connectivity index (χ3v) is 4.16. The lowest BCUT2D eigenvalue weighted by atomic mass is 9.78. The maximum Gasteiger partial charge on any atom is 0.311 e. The van der Waals surface area contributed by atoms with Crippen molar-refractivity contribution >= 4 is 12.0 Å². The third kappa shape index (κ3) is 1.28. The van der Waals surface area contributed by atoms with E-state index in [1.54, 1.807) is 0 Å². The van der Waals surface area contributed by atoms with Crippen LogP contribution in [0.1, 0.15) is 22.6 Å². The van der Waals surface area contributed by atoms with Crippen LogP contribution in [-0.2, 0) is 4.79 Å². The average Bonchev–Trinajstić information content (AvgIpc) is 2.77. The predicted molar refractivity (Wildman–Crippen MR) is 73.9 cm³/mol. The second kappa shape index (κ2) is 3.58. The first kappa shape index (κ1) is 10.6. The van der Waals surface area contributed by atoms with Crippen LogP contribution in [0.15, 0.2) is 48.5 Å². The van der Waals surface area contributed by atoms with Crippen LogP contribution in [0.3, 0.4) is 0 Å². The van der Waals surface area contributed by atoms with Crippen LogP contribution in [0.4, 0.5) is 0 Å². The number of aliphatic carboxylic acids is 1. The zero-order valence-corrected chi connectivity index (χ0v) is 10.2. The number of rotatable bonds is 1. The van der Waals surface area contributed by atoms with Gasteiger partial charge in [0.1, 0.15) is 0 Å². The number of hydrogen-bond acceptors (Lipinski definition) is 1. The van der Waals surface area contributed by atoms with Gasteiger partial charge >= 0.3 is 5.97 Å². The highest BCUT2D eigenvalue weighted by Gasteiger charge is 2.39. The molecule has 0 saturated carbocycles. The van der Waals surface area contributed by atoms with Crippen molar-refractivity contribution in [3.8, 4) is 11.1 Å². The van der Waals surface area contributed by atoms with Crippen molar-refractivity contribution in [3.05, 3.63) is 65.2 Å². The summed E-state index contributed by atoms with van der Waals surface area (Å²) in [4.78, 5) is 11.5. The first-order valence-corrected chi connectivity index (χ1v) is 6.40. The monoisotopic (exact) mass is 248 g/mol. The molecule has 92 valence electrons. The van der Waals surface area contributed by atoms with Gasteiger partial charge in [-0.25, -0.2) is 0 Å². The summed E-state index contributed by atoms with van der Waals surface area (Å²) in [6, 6.07) is 14.3. The van der Waals surface area contributed by atoms with E-state index in [2.05, 4.69) is 24.3 Å². The molecule has 4 rings (SSSR count). The van der Waals surface area contributed by atoms with Gasteiger partial charge in [0.25, 0.3) is 0 Å². The SMILES string of the molecule is O=C(O)[C@@H]1C=Cc2cccc3c2[C@@H]1c1ccccc1-3. The molecule has 0 saturated heterocycles. The minimum atomic E-state index is -0.751. The van der Waals surface area contributed by atoms with Gasteiger partial charge in [0.05, 0.1) is 5.92 Å². The minimum Gasteiger partial charge on any atom is -0.481 e. The number of fused-ring (bicyclic) bond motifs is 3. The van der Waals surface area contributed by atoms with Crippen molar-refractivity contribution in [3.63, 3.8) is 0 Å². The number of hydrogen-bond donors (Lipinski definition) is 1. The fourth-order valence-corrected chi connectivity index (χ4v) is 3.40. The van der Waals surface area contributed by atoms with E-state index in [0.717, 1.165) is 11.1 Å². The van der Waals surface area contributed by atoms with E-state index in [-0.39, 0.29) is 5.92 Å². The fourth-order valence-electron chi connectivity index (χ4n) is 3.40. The zero-order chi connectivity index (χ0) is 13.0. The molecule has 2 aromatic rings. The van der Waals surface area contributed by atoms with Crippen molar-refractivity contribution in [2.75, 3.05) is 0 Å². The maximum absolute atomic E-state index is 11.5. The molecule has 2 nitrogen and oxygen atoms in total.